The summed E-state index contributed by atoms with van der Waals surface area (Å²) >= 11 is 0. The highest BCUT2D eigenvalue weighted by molar-refractivity contribution is 7.91. The number of rotatable bonds is 4. The molecule has 37 heavy (non-hydrogen) atoms. The minimum atomic E-state index is -4.34. The summed E-state index contributed by atoms with van der Waals surface area (Å²) in [5.41, 5.74) is 0.342. The Labute approximate surface area is 212 Å². The fourth-order valence-corrected chi connectivity index (χ4v) is 4.90. The Balaban J connectivity index is 1.91. The summed E-state index contributed by atoms with van der Waals surface area (Å²) in [4.78, 5) is 20.9. The van der Waals surface area contributed by atoms with E-state index < -0.39 is 19.7 Å². The van der Waals surface area contributed by atoms with Crippen LogP contribution in [0.25, 0.3) is 0 Å². The molecule has 0 aromatic heterocycles. The van der Waals surface area contributed by atoms with Gasteiger partial charge in [0.25, 0.3) is 11.4 Å². The van der Waals surface area contributed by atoms with E-state index in [2.05, 4.69) is 23.7 Å². The first-order chi connectivity index (χ1) is 17.8. The zero-order valence-corrected chi connectivity index (χ0v) is 19.8. The van der Waals surface area contributed by atoms with Crippen molar-refractivity contribution in [2.45, 2.75) is 9.79 Å². The van der Waals surface area contributed by atoms with Gasteiger partial charge in [-0.3, -0.25) is 20.2 Å². The van der Waals surface area contributed by atoms with E-state index in [0.717, 1.165) is 36.4 Å². The molecule has 0 aliphatic rings. The summed E-state index contributed by atoms with van der Waals surface area (Å²) in [5.74, 6) is 11.1. The largest absolute Gasteiger partial charge is 0.270 e. The normalized spacial score (nSPS) is 10.4. The molecule has 0 atom stereocenters. The summed E-state index contributed by atoms with van der Waals surface area (Å²) in [5, 5.41) is 22.7. The number of nitro benzene ring substituents is 2. The molecule has 0 aliphatic carbocycles. The van der Waals surface area contributed by atoms with Crippen molar-refractivity contribution in [3.63, 3.8) is 0 Å². The number of hydrogen-bond acceptors (Lipinski definition) is 6. The van der Waals surface area contributed by atoms with Gasteiger partial charge in [-0.05, 0) is 36.4 Å². The fraction of sp³-hybridized carbons (Fsp3) is 0. The van der Waals surface area contributed by atoms with Crippen molar-refractivity contribution in [3.05, 3.63) is 140 Å². The topological polar surface area (TPSA) is 120 Å². The predicted molar refractivity (Wildman–Crippen MR) is 136 cm³/mol. The highest BCUT2D eigenvalue weighted by Gasteiger charge is 2.26. The highest BCUT2D eigenvalue weighted by atomic mass is 32.2. The van der Waals surface area contributed by atoms with Crippen LogP contribution < -0.4 is 0 Å². The van der Waals surface area contributed by atoms with Crippen LogP contribution in [-0.2, 0) is 9.84 Å². The number of hydrogen-bond donors (Lipinski definition) is 0. The lowest BCUT2D eigenvalue weighted by Gasteiger charge is -2.09. The number of benzene rings is 4. The molecule has 0 amide bonds. The first-order valence-electron chi connectivity index (χ1n) is 10.7. The lowest BCUT2D eigenvalue weighted by molar-refractivity contribution is -0.385. The van der Waals surface area contributed by atoms with Crippen LogP contribution in [0.3, 0.4) is 0 Å². The number of nitro groups is 2. The molecule has 0 N–H and O–H groups in total. The van der Waals surface area contributed by atoms with Gasteiger partial charge < -0.3 is 0 Å². The molecule has 0 bridgehead atoms. The lowest BCUT2D eigenvalue weighted by atomic mass is 10.1. The smallest absolute Gasteiger partial charge is 0.258 e. The Kier molecular flexibility index (Phi) is 7.10. The molecule has 4 aromatic carbocycles. The second-order valence-electron chi connectivity index (χ2n) is 7.61. The molecule has 0 saturated carbocycles. The first-order valence-corrected chi connectivity index (χ1v) is 12.2. The zero-order valence-electron chi connectivity index (χ0n) is 19.0. The highest BCUT2D eigenvalue weighted by Crippen LogP contribution is 2.30. The minimum absolute atomic E-state index is 0.0848. The van der Waals surface area contributed by atoms with Crippen molar-refractivity contribution < 1.29 is 18.3 Å². The van der Waals surface area contributed by atoms with Crippen LogP contribution in [0.4, 0.5) is 11.4 Å². The second-order valence-corrected chi connectivity index (χ2v) is 9.50. The molecule has 4 rings (SSSR count). The monoisotopic (exact) mass is 508 g/mol. The van der Waals surface area contributed by atoms with Crippen LogP contribution in [0.1, 0.15) is 22.3 Å². The molecule has 0 spiro atoms. The summed E-state index contributed by atoms with van der Waals surface area (Å²) < 4.78 is 27.6. The maximum atomic E-state index is 13.8. The zero-order chi connectivity index (χ0) is 26.4. The van der Waals surface area contributed by atoms with Gasteiger partial charge in [-0.1, -0.05) is 60.1 Å². The van der Waals surface area contributed by atoms with Gasteiger partial charge in [-0.2, -0.15) is 0 Å². The van der Waals surface area contributed by atoms with Crippen LogP contribution in [-0.4, -0.2) is 18.3 Å². The quantitative estimate of drug-likeness (QED) is 0.214. The van der Waals surface area contributed by atoms with Crippen molar-refractivity contribution in [2.75, 3.05) is 0 Å². The second kappa shape index (κ2) is 10.6. The van der Waals surface area contributed by atoms with E-state index in [1.54, 1.807) is 60.7 Å². The molecule has 4 aromatic rings. The molecule has 180 valence electrons. The summed E-state index contributed by atoms with van der Waals surface area (Å²) in [6.45, 7) is 0. The van der Waals surface area contributed by atoms with Crippen molar-refractivity contribution in [1.82, 2.24) is 0 Å². The van der Waals surface area contributed by atoms with E-state index in [1.165, 1.54) is 0 Å². The Morgan fingerprint density at radius 3 is 1.27 bits per heavy atom. The van der Waals surface area contributed by atoms with Crippen molar-refractivity contribution >= 4 is 21.2 Å². The van der Waals surface area contributed by atoms with Crippen LogP contribution >= 0.6 is 0 Å². The molecule has 0 saturated heterocycles. The number of non-ortho nitro benzene ring substituents is 2. The van der Waals surface area contributed by atoms with Gasteiger partial charge in [0, 0.05) is 35.4 Å². The van der Waals surface area contributed by atoms with E-state index in [0.29, 0.717) is 11.1 Å². The van der Waals surface area contributed by atoms with Crippen molar-refractivity contribution in [3.8, 4) is 23.7 Å². The van der Waals surface area contributed by atoms with Crippen LogP contribution in [0, 0.1) is 43.9 Å². The van der Waals surface area contributed by atoms with E-state index >= 15 is 0 Å². The average molecular weight is 509 g/mol. The molecule has 0 aliphatic heterocycles. The predicted octanol–water partition coefficient (Wildman–Crippen LogP) is 5.14. The minimum Gasteiger partial charge on any atom is -0.258 e. The SMILES string of the molecule is O=[N+]([O-])c1ccc(S(=O)(=O)c2ccc([N+](=O)[O-])cc2C#Cc2ccccc2)c(C#Cc2ccccc2)c1. The summed E-state index contributed by atoms with van der Waals surface area (Å²) in [6.07, 6.45) is 0. The standard InChI is InChI=1S/C28H16N2O6S/c31-29(32)25-15-17-27(23(19-25)13-11-21-7-3-1-4-8-21)37(35,36)28-18-16-26(30(33)34)20-24(28)14-12-22-9-5-2-6-10-22/h1-10,15-20H. The number of nitrogens with zero attached hydrogens (tertiary/aromatic N) is 2. The molecular formula is C28H16N2O6S. The van der Waals surface area contributed by atoms with E-state index in [4.69, 9.17) is 0 Å². The molecule has 8 nitrogen and oxygen atoms in total. The molecular weight excluding hydrogens is 492 g/mol. The van der Waals surface area contributed by atoms with Crippen molar-refractivity contribution in [1.29, 1.82) is 0 Å². The number of sulfone groups is 1. The van der Waals surface area contributed by atoms with Gasteiger partial charge in [0.05, 0.1) is 30.8 Å². The van der Waals surface area contributed by atoms with Crippen LogP contribution in [0.15, 0.2) is 107 Å². The van der Waals surface area contributed by atoms with Crippen LogP contribution in [0.5, 0.6) is 0 Å². The van der Waals surface area contributed by atoms with Gasteiger partial charge in [0.15, 0.2) is 0 Å². The van der Waals surface area contributed by atoms with Crippen molar-refractivity contribution in [2.24, 2.45) is 0 Å². The molecule has 0 heterocycles. The van der Waals surface area contributed by atoms with Gasteiger partial charge in [0.2, 0.25) is 9.84 Å². The molecule has 0 fully saturated rings. The maximum Gasteiger partial charge on any atom is 0.270 e. The third-order valence-corrected chi connectivity index (χ3v) is 7.03. The summed E-state index contributed by atoms with van der Waals surface area (Å²) in [6, 6.07) is 24.0. The maximum absolute atomic E-state index is 13.8. The molecule has 0 radical (unpaired) electrons. The fourth-order valence-electron chi connectivity index (χ4n) is 3.37. The lowest BCUT2D eigenvalue weighted by Crippen LogP contribution is -2.08. The van der Waals surface area contributed by atoms with E-state index in [1.807, 2.05) is 0 Å². The first kappa shape index (κ1) is 24.9. The Hall–Kier alpha value is -5.25. The van der Waals surface area contributed by atoms with Crippen LogP contribution in [0.2, 0.25) is 0 Å². The Bertz CT molecular complexity index is 1620. The third-order valence-electron chi connectivity index (χ3n) is 5.16. The van der Waals surface area contributed by atoms with E-state index in [-0.39, 0.29) is 32.3 Å². The van der Waals surface area contributed by atoms with Gasteiger partial charge in [0.1, 0.15) is 0 Å². The van der Waals surface area contributed by atoms with Gasteiger partial charge >= 0.3 is 0 Å². The van der Waals surface area contributed by atoms with Gasteiger partial charge in [-0.15, -0.1) is 0 Å². The average Bonchev–Trinajstić information content (AvgIpc) is 2.91. The molecule has 9 heteroatoms. The third kappa shape index (κ3) is 5.70. The Morgan fingerprint density at radius 2 is 0.919 bits per heavy atom. The van der Waals surface area contributed by atoms with E-state index in [9.17, 15) is 28.6 Å². The summed E-state index contributed by atoms with van der Waals surface area (Å²) in [7, 11) is -4.34. The Morgan fingerprint density at radius 1 is 0.541 bits per heavy atom. The van der Waals surface area contributed by atoms with Gasteiger partial charge in [-0.25, -0.2) is 8.42 Å². The molecule has 0 unspecified atom stereocenters.